The van der Waals surface area contributed by atoms with Gasteiger partial charge < -0.3 is 10.4 Å². The van der Waals surface area contributed by atoms with Gasteiger partial charge in [0, 0.05) is 0 Å². The van der Waals surface area contributed by atoms with Gasteiger partial charge in [0.2, 0.25) is 0 Å². The van der Waals surface area contributed by atoms with E-state index in [1.54, 1.807) is 0 Å². The van der Waals surface area contributed by atoms with Crippen molar-refractivity contribution < 1.29 is 9.90 Å². The molecule has 15 heavy (non-hydrogen) atoms. The number of aliphatic carboxylic acids is 1. The summed E-state index contributed by atoms with van der Waals surface area (Å²) in [5, 5.41) is 12.3. The molecule has 0 amide bonds. The Kier molecular flexibility index (Phi) is 7.88. The quantitative estimate of drug-likeness (QED) is 0.600. The van der Waals surface area contributed by atoms with Crippen LogP contribution in [0.4, 0.5) is 0 Å². The molecule has 0 aliphatic carbocycles. The van der Waals surface area contributed by atoms with Gasteiger partial charge in [-0.25, -0.2) is 0 Å². The average Bonchev–Trinajstić information content (AvgIpc) is 2.23. The van der Waals surface area contributed by atoms with Gasteiger partial charge >= 0.3 is 5.97 Å². The molecule has 0 saturated heterocycles. The van der Waals surface area contributed by atoms with Crippen LogP contribution >= 0.6 is 11.8 Å². The maximum absolute atomic E-state index is 11.1. The maximum atomic E-state index is 11.1. The van der Waals surface area contributed by atoms with Gasteiger partial charge in [-0.3, -0.25) is 4.79 Å². The fraction of sp³-hybridized carbons (Fsp3) is 0.909. The van der Waals surface area contributed by atoms with Crippen molar-refractivity contribution in [2.75, 3.05) is 18.1 Å². The van der Waals surface area contributed by atoms with Gasteiger partial charge in [0.25, 0.3) is 0 Å². The Morgan fingerprint density at radius 3 is 2.33 bits per heavy atom. The highest BCUT2D eigenvalue weighted by Crippen LogP contribution is 2.15. The lowest BCUT2D eigenvalue weighted by molar-refractivity contribution is -0.145. The van der Waals surface area contributed by atoms with Gasteiger partial charge in [0.15, 0.2) is 0 Å². The summed E-state index contributed by atoms with van der Waals surface area (Å²) in [5.41, 5.74) is -0.711. The zero-order valence-electron chi connectivity index (χ0n) is 10.0. The number of carboxylic acids is 1. The molecule has 0 unspecified atom stereocenters. The summed E-state index contributed by atoms with van der Waals surface area (Å²) in [6.07, 6.45) is 2.31. The summed E-state index contributed by atoms with van der Waals surface area (Å²) in [4.78, 5) is 11.1. The summed E-state index contributed by atoms with van der Waals surface area (Å²) in [7, 11) is 0. The largest absolute Gasteiger partial charge is 0.480 e. The van der Waals surface area contributed by atoms with Crippen molar-refractivity contribution in [2.45, 2.75) is 45.6 Å². The summed E-state index contributed by atoms with van der Waals surface area (Å²) in [5.74, 6) is 1.51. The number of nitrogens with one attached hydrogen (secondary N) is 1. The Morgan fingerprint density at radius 1 is 1.33 bits per heavy atom. The Morgan fingerprint density at radius 2 is 1.93 bits per heavy atom. The molecule has 90 valence electrons. The van der Waals surface area contributed by atoms with Crippen molar-refractivity contribution in [3.63, 3.8) is 0 Å². The minimum absolute atomic E-state index is 0.639. The number of carbonyl (C=O) groups is 1. The van der Waals surface area contributed by atoms with Crippen LogP contribution in [0.5, 0.6) is 0 Å². The first kappa shape index (κ1) is 14.8. The van der Waals surface area contributed by atoms with Crippen LogP contribution in [0.1, 0.15) is 40.0 Å². The number of hydrogen-bond acceptors (Lipinski definition) is 3. The second-order valence-electron chi connectivity index (χ2n) is 3.57. The highest BCUT2D eigenvalue weighted by molar-refractivity contribution is 7.99. The zero-order chi connectivity index (χ0) is 11.7. The first-order valence-corrected chi connectivity index (χ1v) is 6.84. The predicted molar refractivity (Wildman–Crippen MR) is 66.6 cm³/mol. The molecule has 3 nitrogen and oxygen atoms in total. The second kappa shape index (κ2) is 7.99. The summed E-state index contributed by atoms with van der Waals surface area (Å²) in [6, 6.07) is 0. The summed E-state index contributed by atoms with van der Waals surface area (Å²) >= 11 is 1.89. The Balaban J connectivity index is 3.91. The lowest BCUT2D eigenvalue weighted by Gasteiger charge is -2.28. The maximum Gasteiger partial charge on any atom is 0.323 e. The standard InChI is InChI=1S/C11H23NO2S/c1-4-11(5-2,10(13)14)12-8-7-9-15-6-3/h12H,4-9H2,1-3H3,(H,13,14). The van der Waals surface area contributed by atoms with E-state index in [0.717, 1.165) is 24.5 Å². The number of carboxylic acid groups (broad SMARTS) is 1. The molecule has 0 rings (SSSR count). The van der Waals surface area contributed by atoms with E-state index in [0.29, 0.717) is 12.8 Å². The smallest absolute Gasteiger partial charge is 0.323 e. The van der Waals surface area contributed by atoms with Crippen molar-refractivity contribution in [1.29, 1.82) is 0 Å². The highest BCUT2D eigenvalue weighted by atomic mass is 32.2. The molecular formula is C11H23NO2S. The molecule has 4 heteroatoms. The second-order valence-corrected chi connectivity index (χ2v) is 4.97. The van der Waals surface area contributed by atoms with Gasteiger partial charge in [-0.15, -0.1) is 0 Å². The van der Waals surface area contributed by atoms with Crippen LogP contribution in [0.2, 0.25) is 0 Å². The van der Waals surface area contributed by atoms with Gasteiger partial charge in [-0.05, 0) is 37.3 Å². The molecule has 0 atom stereocenters. The number of hydrogen-bond donors (Lipinski definition) is 2. The van der Waals surface area contributed by atoms with Crippen LogP contribution < -0.4 is 5.32 Å². The zero-order valence-corrected chi connectivity index (χ0v) is 10.8. The normalized spacial score (nSPS) is 11.7. The van der Waals surface area contributed by atoms with E-state index in [9.17, 15) is 4.79 Å². The van der Waals surface area contributed by atoms with E-state index in [4.69, 9.17) is 5.11 Å². The van der Waals surface area contributed by atoms with E-state index in [1.165, 1.54) is 0 Å². The molecular weight excluding hydrogens is 210 g/mol. The number of thioether (sulfide) groups is 1. The van der Waals surface area contributed by atoms with Crippen LogP contribution in [0.15, 0.2) is 0 Å². The van der Waals surface area contributed by atoms with Crippen molar-refractivity contribution in [3.8, 4) is 0 Å². The van der Waals surface area contributed by atoms with Crippen molar-refractivity contribution in [1.82, 2.24) is 5.32 Å². The molecule has 0 radical (unpaired) electrons. The van der Waals surface area contributed by atoms with Crippen LogP contribution in [-0.2, 0) is 4.79 Å². The Hall–Kier alpha value is -0.220. The minimum atomic E-state index is -0.726. The van der Waals surface area contributed by atoms with Crippen LogP contribution in [0.25, 0.3) is 0 Å². The summed E-state index contributed by atoms with van der Waals surface area (Å²) < 4.78 is 0. The molecule has 0 bridgehead atoms. The fourth-order valence-corrected chi connectivity index (χ4v) is 2.16. The third-order valence-corrected chi connectivity index (χ3v) is 3.74. The first-order valence-electron chi connectivity index (χ1n) is 5.69. The SMILES string of the molecule is CCSCCCNC(CC)(CC)C(=O)O. The van der Waals surface area contributed by atoms with E-state index in [2.05, 4.69) is 12.2 Å². The van der Waals surface area contributed by atoms with Crippen LogP contribution in [0.3, 0.4) is 0 Å². The van der Waals surface area contributed by atoms with E-state index < -0.39 is 11.5 Å². The van der Waals surface area contributed by atoms with Crippen LogP contribution in [-0.4, -0.2) is 34.7 Å². The van der Waals surface area contributed by atoms with Gasteiger partial charge in [0.05, 0.1) is 0 Å². The molecule has 2 N–H and O–H groups in total. The van der Waals surface area contributed by atoms with Gasteiger partial charge in [-0.1, -0.05) is 20.8 Å². The molecule has 0 spiro atoms. The van der Waals surface area contributed by atoms with E-state index >= 15 is 0 Å². The predicted octanol–water partition coefficient (Wildman–Crippen LogP) is 2.36. The molecule has 0 aromatic heterocycles. The average molecular weight is 233 g/mol. The van der Waals surface area contributed by atoms with E-state index in [-0.39, 0.29) is 0 Å². The first-order chi connectivity index (χ1) is 7.13. The Bertz CT molecular complexity index is 181. The van der Waals surface area contributed by atoms with E-state index in [1.807, 2.05) is 25.6 Å². The third-order valence-electron chi connectivity index (χ3n) is 2.75. The molecule has 0 aromatic rings. The van der Waals surface area contributed by atoms with Crippen molar-refractivity contribution in [2.24, 2.45) is 0 Å². The highest BCUT2D eigenvalue weighted by Gasteiger charge is 2.33. The molecule has 0 aliphatic rings. The molecule has 0 aliphatic heterocycles. The molecule has 0 saturated carbocycles. The Labute approximate surface area is 97.0 Å². The monoisotopic (exact) mass is 233 g/mol. The topological polar surface area (TPSA) is 49.3 Å². The lowest BCUT2D eigenvalue weighted by Crippen LogP contribution is -2.51. The third kappa shape index (κ3) is 4.89. The minimum Gasteiger partial charge on any atom is -0.480 e. The molecule has 0 aromatic carbocycles. The number of rotatable bonds is 9. The van der Waals surface area contributed by atoms with Gasteiger partial charge in [-0.2, -0.15) is 11.8 Å². The lowest BCUT2D eigenvalue weighted by atomic mass is 9.93. The molecule has 0 heterocycles. The fourth-order valence-electron chi connectivity index (χ4n) is 1.52. The molecule has 0 fully saturated rings. The van der Waals surface area contributed by atoms with Crippen molar-refractivity contribution in [3.05, 3.63) is 0 Å². The van der Waals surface area contributed by atoms with Crippen molar-refractivity contribution >= 4 is 17.7 Å². The van der Waals surface area contributed by atoms with Gasteiger partial charge in [0.1, 0.15) is 5.54 Å². The summed E-state index contributed by atoms with van der Waals surface area (Å²) in [6.45, 7) is 6.77. The van der Waals surface area contributed by atoms with Crippen LogP contribution in [0, 0.1) is 0 Å².